The second-order valence-corrected chi connectivity index (χ2v) is 4.99. The average Bonchev–Trinajstić information content (AvgIpc) is 2.96. The van der Waals surface area contributed by atoms with E-state index in [0.29, 0.717) is 0 Å². The van der Waals surface area contributed by atoms with Gasteiger partial charge in [0.05, 0.1) is 17.2 Å². The fraction of sp³-hybridized carbons (Fsp3) is 0.267. The van der Waals surface area contributed by atoms with Crippen LogP contribution in [0, 0.1) is 10.1 Å². The van der Waals surface area contributed by atoms with Crippen molar-refractivity contribution in [2.75, 3.05) is 0 Å². The molecule has 1 unspecified atom stereocenters. The summed E-state index contributed by atoms with van der Waals surface area (Å²) in [5.74, 6) is 0.454. The molecule has 0 bridgehead atoms. The third-order valence-electron chi connectivity index (χ3n) is 3.70. The van der Waals surface area contributed by atoms with Crippen LogP contribution in [0.25, 0.3) is 0 Å². The third kappa shape index (κ3) is 2.52. The summed E-state index contributed by atoms with van der Waals surface area (Å²) >= 11 is 0. The second kappa shape index (κ2) is 5.40. The van der Waals surface area contributed by atoms with E-state index in [2.05, 4.69) is 5.32 Å². The monoisotopic (exact) mass is 286 g/mol. The molecule has 1 aliphatic rings. The highest BCUT2D eigenvalue weighted by atomic mass is 16.6. The molecule has 0 spiro atoms. The molecule has 1 heterocycles. The molecule has 0 saturated carbocycles. The number of nitro benzene ring substituents is 1. The minimum absolute atomic E-state index is 0.0816. The Kier molecular flexibility index (Phi) is 3.43. The van der Waals surface area contributed by atoms with Gasteiger partial charge in [0.25, 0.3) is 11.6 Å². The largest absolute Gasteiger partial charge is 0.469 e. The number of rotatable bonds is 3. The Hall–Kier alpha value is -2.63. The Morgan fingerprint density at radius 1 is 1.33 bits per heavy atom. The standard InChI is InChI=1S/C15H14N2O4/c18-15(11-4-1-2-6-13(11)17(19)20)16-12-5-3-7-14-10(12)8-9-21-14/h1-2,4,6,8-9,12H,3,5,7H2,(H,16,18). The van der Waals surface area contributed by atoms with E-state index >= 15 is 0 Å². The summed E-state index contributed by atoms with van der Waals surface area (Å²) in [4.78, 5) is 22.8. The maximum Gasteiger partial charge on any atom is 0.282 e. The fourth-order valence-corrected chi connectivity index (χ4v) is 2.70. The predicted octanol–water partition coefficient (Wildman–Crippen LogP) is 3.00. The van der Waals surface area contributed by atoms with Gasteiger partial charge in [-0.25, -0.2) is 0 Å². The number of nitrogens with one attached hydrogen (secondary N) is 1. The average molecular weight is 286 g/mol. The summed E-state index contributed by atoms with van der Waals surface area (Å²) in [6.07, 6.45) is 4.20. The molecular weight excluding hydrogens is 272 g/mol. The summed E-state index contributed by atoms with van der Waals surface area (Å²) in [6, 6.07) is 7.65. The molecule has 0 aliphatic heterocycles. The van der Waals surface area contributed by atoms with Gasteiger partial charge in [0.15, 0.2) is 0 Å². The summed E-state index contributed by atoms with van der Waals surface area (Å²) in [5.41, 5.74) is 0.865. The highest BCUT2D eigenvalue weighted by Gasteiger charge is 2.26. The van der Waals surface area contributed by atoms with Crippen molar-refractivity contribution < 1.29 is 14.1 Å². The van der Waals surface area contributed by atoms with Gasteiger partial charge in [-0.05, 0) is 25.0 Å². The van der Waals surface area contributed by atoms with Gasteiger partial charge in [-0.2, -0.15) is 0 Å². The molecule has 108 valence electrons. The van der Waals surface area contributed by atoms with Gasteiger partial charge in [0.2, 0.25) is 0 Å². The lowest BCUT2D eigenvalue weighted by Crippen LogP contribution is -2.30. The number of carbonyl (C=O) groups is 1. The van der Waals surface area contributed by atoms with E-state index in [4.69, 9.17) is 4.42 Å². The molecule has 1 aromatic carbocycles. The first-order valence-corrected chi connectivity index (χ1v) is 6.77. The number of furan rings is 1. The number of aryl methyl sites for hydroxylation is 1. The van der Waals surface area contributed by atoms with Crippen LogP contribution in [0.2, 0.25) is 0 Å². The zero-order chi connectivity index (χ0) is 14.8. The van der Waals surface area contributed by atoms with Crippen LogP contribution in [0.4, 0.5) is 5.69 Å². The van der Waals surface area contributed by atoms with Gasteiger partial charge in [-0.1, -0.05) is 12.1 Å². The molecule has 1 amide bonds. The van der Waals surface area contributed by atoms with Gasteiger partial charge < -0.3 is 9.73 Å². The van der Waals surface area contributed by atoms with Gasteiger partial charge >= 0.3 is 0 Å². The van der Waals surface area contributed by atoms with E-state index in [1.807, 2.05) is 6.07 Å². The zero-order valence-corrected chi connectivity index (χ0v) is 11.2. The van der Waals surface area contributed by atoms with E-state index in [1.54, 1.807) is 18.4 Å². The van der Waals surface area contributed by atoms with Crippen LogP contribution in [-0.2, 0) is 6.42 Å². The second-order valence-electron chi connectivity index (χ2n) is 4.99. The minimum atomic E-state index is -0.543. The Bertz CT molecular complexity index is 692. The van der Waals surface area contributed by atoms with Gasteiger partial charge in [-0.15, -0.1) is 0 Å². The van der Waals surface area contributed by atoms with Crippen molar-refractivity contribution in [3.05, 3.63) is 63.6 Å². The van der Waals surface area contributed by atoms with E-state index in [-0.39, 0.29) is 17.3 Å². The van der Waals surface area contributed by atoms with Crippen LogP contribution < -0.4 is 5.32 Å². The van der Waals surface area contributed by atoms with Gasteiger partial charge in [0.1, 0.15) is 11.3 Å². The molecule has 1 N–H and O–H groups in total. The number of nitro groups is 1. The Labute approximate surface area is 120 Å². The van der Waals surface area contributed by atoms with Crippen LogP contribution in [0.5, 0.6) is 0 Å². The summed E-state index contributed by atoms with van der Waals surface area (Å²) in [5, 5.41) is 13.9. The zero-order valence-electron chi connectivity index (χ0n) is 11.2. The van der Waals surface area contributed by atoms with Gasteiger partial charge in [0, 0.05) is 18.1 Å². The van der Waals surface area contributed by atoms with Crippen molar-refractivity contribution in [1.29, 1.82) is 0 Å². The normalized spacial score (nSPS) is 17.0. The number of para-hydroxylation sites is 1. The molecule has 3 rings (SSSR count). The lowest BCUT2D eigenvalue weighted by molar-refractivity contribution is -0.385. The molecule has 1 aromatic heterocycles. The molecule has 6 heteroatoms. The summed E-state index contributed by atoms with van der Waals surface area (Å²) < 4.78 is 5.38. The first kappa shape index (κ1) is 13.4. The maximum absolute atomic E-state index is 12.3. The van der Waals surface area contributed by atoms with Crippen LogP contribution in [-0.4, -0.2) is 10.8 Å². The lowest BCUT2D eigenvalue weighted by Gasteiger charge is -2.22. The van der Waals surface area contributed by atoms with Crippen LogP contribution in [0.3, 0.4) is 0 Å². The molecule has 21 heavy (non-hydrogen) atoms. The quantitative estimate of drug-likeness (QED) is 0.694. The van der Waals surface area contributed by atoms with Crippen molar-refractivity contribution in [2.45, 2.75) is 25.3 Å². The predicted molar refractivity (Wildman–Crippen MR) is 74.9 cm³/mol. The number of hydrogen-bond acceptors (Lipinski definition) is 4. The number of hydrogen-bond donors (Lipinski definition) is 1. The Balaban J connectivity index is 1.84. The molecule has 2 aromatic rings. The van der Waals surface area contributed by atoms with Crippen LogP contribution >= 0.6 is 0 Å². The highest BCUT2D eigenvalue weighted by Crippen LogP contribution is 2.31. The molecule has 0 fully saturated rings. The third-order valence-corrected chi connectivity index (χ3v) is 3.70. The number of fused-ring (bicyclic) bond motifs is 1. The minimum Gasteiger partial charge on any atom is -0.469 e. The topological polar surface area (TPSA) is 85.4 Å². The van der Waals surface area contributed by atoms with E-state index in [1.165, 1.54) is 12.1 Å². The smallest absolute Gasteiger partial charge is 0.282 e. The summed E-state index contributed by atoms with van der Waals surface area (Å²) in [6.45, 7) is 0. The number of amides is 1. The molecule has 6 nitrogen and oxygen atoms in total. The summed E-state index contributed by atoms with van der Waals surface area (Å²) in [7, 11) is 0. The molecular formula is C15H14N2O4. The van der Waals surface area contributed by atoms with Crippen molar-refractivity contribution >= 4 is 11.6 Å². The van der Waals surface area contributed by atoms with Crippen molar-refractivity contribution in [3.8, 4) is 0 Å². The van der Waals surface area contributed by atoms with Crippen molar-refractivity contribution in [2.24, 2.45) is 0 Å². The van der Waals surface area contributed by atoms with E-state index < -0.39 is 10.8 Å². The van der Waals surface area contributed by atoms with Crippen molar-refractivity contribution in [1.82, 2.24) is 5.32 Å². The molecule has 0 saturated heterocycles. The SMILES string of the molecule is O=C(NC1CCCc2occc21)c1ccccc1[N+](=O)[O-]. The van der Waals surface area contributed by atoms with E-state index in [9.17, 15) is 14.9 Å². The molecule has 1 aliphatic carbocycles. The van der Waals surface area contributed by atoms with Gasteiger partial charge in [-0.3, -0.25) is 14.9 Å². The first-order chi connectivity index (χ1) is 10.2. The highest BCUT2D eigenvalue weighted by molar-refractivity contribution is 5.98. The van der Waals surface area contributed by atoms with Crippen molar-refractivity contribution in [3.63, 3.8) is 0 Å². The van der Waals surface area contributed by atoms with E-state index in [0.717, 1.165) is 30.6 Å². The Morgan fingerprint density at radius 2 is 2.14 bits per heavy atom. The molecule has 0 radical (unpaired) electrons. The number of carbonyl (C=O) groups excluding carboxylic acids is 1. The number of nitrogens with zero attached hydrogens (tertiary/aromatic N) is 1. The lowest BCUT2D eigenvalue weighted by atomic mass is 9.93. The number of benzene rings is 1. The maximum atomic E-state index is 12.3. The van der Waals surface area contributed by atoms with Crippen LogP contribution in [0.15, 0.2) is 41.0 Å². The first-order valence-electron chi connectivity index (χ1n) is 6.77. The van der Waals surface area contributed by atoms with Crippen LogP contribution in [0.1, 0.15) is 40.6 Å². The fourth-order valence-electron chi connectivity index (χ4n) is 2.70. The molecule has 1 atom stereocenters. The Morgan fingerprint density at radius 3 is 2.95 bits per heavy atom.